The molecule has 0 saturated carbocycles. The topological polar surface area (TPSA) is 98.7 Å². The third-order valence-corrected chi connectivity index (χ3v) is 4.33. The van der Waals surface area contributed by atoms with E-state index in [1.165, 1.54) is 11.3 Å². The van der Waals surface area contributed by atoms with Gasteiger partial charge >= 0.3 is 0 Å². The maximum absolute atomic E-state index is 12.2. The normalized spacial score (nSPS) is 11.0. The van der Waals surface area contributed by atoms with E-state index in [9.17, 15) is 4.79 Å². The van der Waals surface area contributed by atoms with Crippen molar-refractivity contribution in [3.63, 3.8) is 0 Å². The number of nitrogen functional groups attached to an aromatic ring is 1. The second-order valence-electron chi connectivity index (χ2n) is 5.27. The Bertz CT molecular complexity index is 853. The van der Waals surface area contributed by atoms with E-state index >= 15 is 0 Å². The second kappa shape index (κ2) is 6.33. The Morgan fingerprint density at radius 1 is 1.35 bits per heavy atom. The lowest BCUT2D eigenvalue weighted by Crippen LogP contribution is -2.25. The van der Waals surface area contributed by atoms with Gasteiger partial charge in [0, 0.05) is 18.7 Å². The number of aromatic nitrogens is 4. The number of anilines is 1. The van der Waals surface area contributed by atoms with Gasteiger partial charge in [-0.15, -0.1) is 0 Å². The molecule has 0 unspecified atom stereocenters. The Balaban J connectivity index is 1.55. The van der Waals surface area contributed by atoms with Crippen molar-refractivity contribution in [3.8, 4) is 0 Å². The monoisotopic (exact) mass is 330 g/mol. The number of carbonyl (C=O) groups is 1. The number of nitrogens with two attached hydrogens (primary N) is 1. The molecule has 2 aromatic heterocycles. The molecule has 7 nitrogen and oxygen atoms in total. The number of benzene rings is 1. The van der Waals surface area contributed by atoms with Crippen molar-refractivity contribution in [3.05, 3.63) is 35.4 Å². The molecule has 0 aliphatic rings. The molecule has 23 heavy (non-hydrogen) atoms. The Hall–Kier alpha value is -2.48. The summed E-state index contributed by atoms with van der Waals surface area (Å²) in [6.07, 6.45) is 0.793. The second-order valence-corrected chi connectivity index (χ2v) is 6.34. The Kier molecular flexibility index (Phi) is 4.24. The Morgan fingerprint density at radius 3 is 2.91 bits per heavy atom. The fraction of sp³-hybridized carbons (Fsp3) is 0.333. The average Bonchev–Trinajstić information content (AvgIpc) is 3.03. The lowest BCUT2D eigenvalue weighted by molar-refractivity contribution is 0.0952. The quantitative estimate of drug-likeness (QED) is 0.696. The summed E-state index contributed by atoms with van der Waals surface area (Å²) in [6, 6.07) is 5.43. The van der Waals surface area contributed by atoms with E-state index in [0.29, 0.717) is 17.2 Å². The molecule has 0 radical (unpaired) electrons. The smallest absolute Gasteiger partial charge is 0.251 e. The van der Waals surface area contributed by atoms with E-state index < -0.39 is 0 Å². The van der Waals surface area contributed by atoms with Gasteiger partial charge in [-0.05, 0) is 38.5 Å². The van der Waals surface area contributed by atoms with Crippen molar-refractivity contribution < 1.29 is 4.79 Å². The van der Waals surface area contributed by atoms with E-state index in [-0.39, 0.29) is 5.91 Å². The lowest BCUT2D eigenvalue weighted by Gasteiger charge is -2.06. The summed E-state index contributed by atoms with van der Waals surface area (Å²) in [5.41, 5.74) is 7.03. The molecule has 0 aliphatic heterocycles. The van der Waals surface area contributed by atoms with Gasteiger partial charge in [0.05, 0.1) is 10.2 Å². The van der Waals surface area contributed by atoms with E-state index in [2.05, 4.69) is 20.4 Å². The minimum Gasteiger partial charge on any atom is -0.375 e. The van der Waals surface area contributed by atoms with Gasteiger partial charge in [-0.1, -0.05) is 11.3 Å². The number of nitrogens with zero attached hydrogens (tertiary/aromatic N) is 4. The molecule has 0 saturated heterocycles. The molecule has 0 fully saturated rings. The number of hydrogen-bond donors (Lipinski definition) is 2. The van der Waals surface area contributed by atoms with Gasteiger partial charge in [-0.2, -0.15) is 5.10 Å². The fourth-order valence-corrected chi connectivity index (χ4v) is 3.11. The van der Waals surface area contributed by atoms with E-state index in [0.717, 1.165) is 34.8 Å². The Labute approximate surface area is 137 Å². The van der Waals surface area contributed by atoms with E-state index in [1.807, 2.05) is 24.6 Å². The number of carbonyl (C=O) groups excluding carboxylic acids is 1. The lowest BCUT2D eigenvalue weighted by atomic mass is 10.2. The summed E-state index contributed by atoms with van der Waals surface area (Å²) in [5, 5.41) is 7.72. The van der Waals surface area contributed by atoms with Crippen molar-refractivity contribution in [2.75, 3.05) is 12.3 Å². The van der Waals surface area contributed by atoms with Gasteiger partial charge in [0.1, 0.15) is 11.6 Å². The molecule has 3 rings (SSSR count). The van der Waals surface area contributed by atoms with Crippen LogP contribution in [0, 0.1) is 13.8 Å². The Morgan fingerprint density at radius 2 is 2.17 bits per heavy atom. The summed E-state index contributed by atoms with van der Waals surface area (Å²) < 4.78 is 2.84. The van der Waals surface area contributed by atoms with E-state index in [4.69, 9.17) is 5.73 Å². The van der Waals surface area contributed by atoms with Crippen LogP contribution < -0.4 is 11.1 Å². The van der Waals surface area contributed by atoms with Crippen molar-refractivity contribution in [2.24, 2.45) is 0 Å². The first kappa shape index (κ1) is 15.4. The van der Waals surface area contributed by atoms with Crippen molar-refractivity contribution >= 4 is 32.6 Å². The molecule has 3 aromatic rings. The molecule has 0 atom stereocenters. The number of fused-ring (bicyclic) bond motifs is 1. The molecule has 0 bridgehead atoms. The van der Waals surface area contributed by atoms with Crippen LogP contribution >= 0.6 is 11.3 Å². The zero-order valence-electron chi connectivity index (χ0n) is 13.0. The van der Waals surface area contributed by atoms with Gasteiger partial charge in [-0.3, -0.25) is 9.48 Å². The van der Waals surface area contributed by atoms with Crippen LogP contribution in [0.15, 0.2) is 18.2 Å². The van der Waals surface area contributed by atoms with Gasteiger partial charge < -0.3 is 11.1 Å². The summed E-state index contributed by atoms with van der Waals surface area (Å²) in [7, 11) is 0. The third kappa shape index (κ3) is 3.48. The molecule has 0 spiro atoms. The molecule has 1 amide bonds. The minimum absolute atomic E-state index is 0.107. The summed E-state index contributed by atoms with van der Waals surface area (Å²) in [4.78, 5) is 20.6. The summed E-state index contributed by atoms with van der Waals surface area (Å²) >= 11 is 1.41. The predicted molar refractivity (Wildman–Crippen MR) is 90.5 cm³/mol. The van der Waals surface area contributed by atoms with Crippen LogP contribution in [0.5, 0.6) is 0 Å². The zero-order valence-corrected chi connectivity index (χ0v) is 13.9. The summed E-state index contributed by atoms with van der Waals surface area (Å²) in [6.45, 7) is 5.10. The fourth-order valence-electron chi connectivity index (χ4n) is 2.39. The molecule has 8 heteroatoms. The highest BCUT2D eigenvalue weighted by Gasteiger charge is 2.08. The number of nitrogens with one attached hydrogen (secondary N) is 1. The highest BCUT2D eigenvalue weighted by Crippen LogP contribution is 2.24. The number of thiazole rings is 1. The molecular weight excluding hydrogens is 312 g/mol. The van der Waals surface area contributed by atoms with Gasteiger partial charge in [0.25, 0.3) is 5.91 Å². The number of hydrogen-bond acceptors (Lipinski definition) is 6. The van der Waals surface area contributed by atoms with Crippen molar-refractivity contribution in [1.29, 1.82) is 0 Å². The molecule has 0 aliphatic carbocycles. The highest BCUT2D eigenvalue weighted by atomic mass is 32.1. The first-order valence-electron chi connectivity index (χ1n) is 7.35. The molecule has 120 valence electrons. The van der Waals surface area contributed by atoms with Crippen LogP contribution in [0.1, 0.15) is 28.4 Å². The number of aryl methyl sites for hydroxylation is 3. The maximum atomic E-state index is 12.2. The van der Waals surface area contributed by atoms with Crippen LogP contribution in [0.2, 0.25) is 0 Å². The summed E-state index contributed by atoms with van der Waals surface area (Å²) in [5.74, 6) is 1.55. The van der Waals surface area contributed by atoms with E-state index in [1.54, 1.807) is 12.1 Å². The SMILES string of the molecule is Cc1nc(C)n(CCCNC(=O)c2ccc3sc(N)nc3c2)n1. The number of amides is 1. The molecule has 3 N–H and O–H groups in total. The first-order chi connectivity index (χ1) is 11.0. The van der Waals surface area contributed by atoms with Crippen LogP contribution in [0.3, 0.4) is 0 Å². The minimum atomic E-state index is -0.107. The third-order valence-electron chi connectivity index (χ3n) is 3.46. The first-order valence-corrected chi connectivity index (χ1v) is 8.17. The molecule has 1 aromatic carbocycles. The van der Waals surface area contributed by atoms with Gasteiger partial charge in [0.2, 0.25) is 0 Å². The maximum Gasteiger partial charge on any atom is 0.251 e. The van der Waals surface area contributed by atoms with Crippen LogP contribution in [0.25, 0.3) is 10.2 Å². The van der Waals surface area contributed by atoms with Gasteiger partial charge in [0.15, 0.2) is 5.13 Å². The molecule has 2 heterocycles. The zero-order chi connectivity index (χ0) is 16.4. The predicted octanol–water partition coefficient (Wildman–Crippen LogP) is 1.91. The standard InChI is InChI=1S/C15H18N6OS/c1-9-18-10(2)21(20-9)7-3-6-17-14(22)11-4-5-13-12(8-11)19-15(16)23-13/h4-5,8H,3,6-7H2,1-2H3,(H2,16,19)(H,17,22). The van der Waals surface area contributed by atoms with Crippen LogP contribution in [-0.2, 0) is 6.54 Å². The highest BCUT2D eigenvalue weighted by molar-refractivity contribution is 7.22. The number of rotatable bonds is 5. The molecular formula is C15H18N6OS. The van der Waals surface area contributed by atoms with Crippen molar-refractivity contribution in [2.45, 2.75) is 26.8 Å². The van der Waals surface area contributed by atoms with Crippen LogP contribution in [-0.4, -0.2) is 32.2 Å². The van der Waals surface area contributed by atoms with Crippen LogP contribution in [0.4, 0.5) is 5.13 Å². The average molecular weight is 330 g/mol. The van der Waals surface area contributed by atoms with Crippen molar-refractivity contribution in [1.82, 2.24) is 25.1 Å². The van der Waals surface area contributed by atoms with Gasteiger partial charge in [-0.25, -0.2) is 9.97 Å². The largest absolute Gasteiger partial charge is 0.375 e.